The number of methoxy groups -OCH3 is 2. The smallest absolute Gasteiger partial charge is 0.250 e. The van der Waals surface area contributed by atoms with E-state index in [-0.39, 0.29) is 0 Å². The predicted molar refractivity (Wildman–Crippen MR) is 120 cm³/mol. The third-order valence-electron chi connectivity index (χ3n) is 5.30. The highest BCUT2D eigenvalue weighted by molar-refractivity contribution is 5.81. The zero-order valence-corrected chi connectivity index (χ0v) is 18.1. The van der Waals surface area contributed by atoms with E-state index in [1.165, 1.54) is 6.42 Å². The molecule has 2 aromatic rings. The van der Waals surface area contributed by atoms with Gasteiger partial charge in [-0.1, -0.05) is 0 Å². The van der Waals surface area contributed by atoms with Gasteiger partial charge in [0.1, 0.15) is 11.5 Å². The second kappa shape index (κ2) is 10.3. The standard InChI is InChI=1S/C21H29N7O3/c1-29-17-12-16(13-18(14-17)30-2)15-22-26-19-23-20(27-6-4-3-5-7-27)25-21(24-19)28-8-10-31-11-9-28/h12-15H,3-11H2,1-2H3,(H,23,24,25,26)/b22-15-. The zero-order chi connectivity index (χ0) is 21.5. The molecule has 2 aliphatic heterocycles. The van der Waals surface area contributed by atoms with Gasteiger partial charge in [-0.05, 0) is 31.4 Å². The minimum absolute atomic E-state index is 0.420. The largest absolute Gasteiger partial charge is 0.497 e. The number of hydrogen-bond acceptors (Lipinski definition) is 10. The molecule has 4 rings (SSSR count). The molecular formula is C21H29N7O3. The lowest BCUT2D eigenvalue weighted by Gasteiger charge is -2.30. The molecule has 2 fully saturated rings. The third kappa shape index (κ3) is 5.52. The van der Waals surface area contributed by atoms with Crippen molar-refractivity contribution >= 4 is 24.1 Å². The Balaban J connectivity index is 1.55. The van der Waals surface area contributed by atoms with Crippen LogP contribution in [0.2, 0.25) is 0 Å². The second-order valence-corrected chi connectivity index (χ2v) is 7.42. The van der Waals surface area contributed by atoms with Crippen LogP contribution in [0.3, 0.4) is 0 Å². The minimum atomic E-state index is 0.420. The number of nitrogens with zero attached hydrogens (tertiary/aromatic N) is 6. The van der Waals surface area contributed by atoms with Crippen LogP contribution >= 0.6 is 0 Å². The molecule has 0 unspecified atom stereocenters. The first-order valence-electron chi connectivity index (χ1n) is 10.6. The van der Waals surface area contributed by atoms with Crippen LogP contribution in [-0.4, -0.2) is 74.8 Å². The summed E-state index contributed by atoms with van der Waals surface area (Å²) < 4.78 is 16.1. The van der Waals surface area contributed by atoms with E-state index in [0.29, 0.717) is 42.6 Å². The Kier molecular flexibility index (Phi) is 6.98. The lowest BCUT2D eigenvalue weighted by Crippen LogP contribution is -2.38. The molecule has 2 aliphatic rings. The summed E-state index contributed by atoms with van der Waals surface area (Å²) in [7, 11) is 3.24. The molecule has 0 amide bonds. The molecule has 31 heavy (non-hydrogen) atoms. The van der Waals surface area contributed by atoms with Crippen LogP contribution in [0.4, 0.5) is 17.8 Å². The number of hydrazone groups is 1. The monoisotopic (exact) mass is 427 g/mol. The maximum absolute atomic E-state index is 5.47. The second-order valence-electron chi connectivity index (χ2n) is 7.42. The van der Waals surface area contributed by atoms with Gasteiger partial charge in [0.15, 0.2) is 0 Å². The number of hydrogen-bond donors (Lipinski definition) is 1. The molecule has 1 N–H and O–H groups in total. The lowest BCUT2D eigenvalue weighted by atomic mass is 10.1. The van der Waals surface area contributed by atoms with Gasteiger partial charge in [-0.25, -0.2) is 5.43 Å². The van der Waals surface area contributed by atoms with E-state index < -0.39 is 0 Å². The van der Waals surface area contributed by atoms with Gasteiger partial charge in [-0.2, -0.15) is 20.1 Å². The van der Waals surface area contributed by atoms with Crippen LogP contribution in [0.25, 0.3) is 0 Å². The third-order valence-corrected chi connectivity index (χ3v) is 5.30. The van der Waals surface area contributed by atoms with Crippen LogP contribution in [0.15, 0.2) is 23.3 Å². The summed E-state index contributed by atoms with van der Waals surface area (Å²) in [5, 5.41) is 4.33. The maximum atomic E-state index is 5.47. The van der Waals surface area contributed by atoms with E-state index in [0.717, 1.165) is 44.6 Å². The summed E-state index contributed by atoms with van der Waals surface area (Å²) in [4.78, 5) is 18.3. The van der Waals surface area contributed by atoms with Crippen LogP contribution in [-0.2, 0) is 4.74 Å². The molecule has 0 spiro atoms. The van der Waals surface area contributed by atoms with Crippen molar-refractivity contribution in [2.24, 2.45) is 5.10 Å². The van der Waals surface area contributed by atoms with Gasteiger partial charge in [0.05, 0.1) is 33.6 Å². The fourth-order valence-electron chi connectivity index (χ4n) is 3.61. The van der Waals surface area contributed by atoms with Gasteiger partial charge >= 0.3 is 0 Å². The van der Waals surface area contributed by atoms with Crippen LogP contribution in [0.5, 0.6) is 11.5 Å². The topological polar surface area (TPSA) is 97.2 Å². The number of ether oxygens (including phenoxy) is 3. The Bertz CT molecular complexity index is 838. The van der Waals surface area contributed by atoms with Crippen molar-refractivity contribution in [3.8, 4) is 11.5 Å². The summed E-state index contributed by atoms with van der Waals surface area (Å²) in [6.07, 6.45) is 5.23. The molecule has 0 saturated carbocycles. The van der Waals surface area contributed by atoms with Crippen molar-refractivity contribution in [2.45, 2.75) is 19.3 Å². The lowest BCUT2D eigenvalue weighted by molar-refractivity contribution is 0.122. The van der Waals surface area contributed by atoms with E-state index >= 15 is 0 Å². The first-order valence-corrected chi connectivity index (χ1v) is 10.6. The van der Waals surface area contributed by atoms with Gasteiger partial charge in [0.25, 0.3) is 0 Å². The summed E-state index contributed by atoms with van der Waals surface area (Å²) >= 11 is 0. The summed E-state index contributed by atoms with van der Waals surface area (Å²) in [6, 6.07) is 5.56. The van der Waals surface area contributed by atoms with Crippen LogP contribution < -0.4 is 24.7 Å². The Morgan fingerprint density at radius 1 is 0.871 bits per heavy atom. The molecule has 10 nitrogen and oxygen atoms in total. The van der Waals surface area contributed by atoms with Gasteiger partial charge < -0.3 is 24.0 Å². The number of nitrogens with one attached hydrogen (secondary N) is 1. The maximum Gasteiger partial charge on any atom is 0.250 e. The first kappa shape index (κ1) is 21.1. The van der Waals surface area contributed by atoms with E-state index in [4.69, 9.17) is 19.2 Å². The molecule has 2 saturated heterocycles. The molecule has 0 aliphatic carbocycles. The van der Waals surface area contributed by atoms with E-state index in [9.17, 15) is 0 Å². The average Bonchev–Trinajstić information content (AvgIpc) is 2.84. The Morgan fingerprint density at radius 3 is 2.10 bits per heavy atom. The normalized spacial score (nSPS) is 17.1. The number of aromatic nitrogens is 3. The number of anilines is 3. The quantitative estimate of drug-likeness (QED) is 0.526. The molecule has 3 heterocycles. The summed E-state index contributed by atoms with van der Waals surface area (Å²) in [6.45, 7) is 4.77. The molecule has 1 aromatic heterocycles. The van der Waals surface area contributed by atoms with Crippen molar-refractivity contribution < 1.29 is 14.2 Å². The fraction of sp³-hybridized carbons (Fsp3) is 0.524. The molecule has 10 heteroatoms. The first-order chi connectivity index (χ1) is 15.2. The molecule has 0 radical (unpaired) electrons. The highest BCUT2D eigenvalue weighted by Crippen LogP contribution is 2.22. The van der Waals surface area contributed by atoms with Crippen molar-refractivity contribution in [3.63, 3.8) is 0 Å². The number of piperidine rings is 1. The van der Waals surface area contributed by atoms with Gasteiger partial charge in [-0.3, -0.25) is 0 Å². The Morgan fingerprint density at radius 2 is 1.48 bits per heavy atom. The van der Waals surface area contributed by atoms with Gasteiger partial charge in [0, 0.05) is 37.8 Å². The minimum Gasteiger partial charge on any atom is -0.497 e. The summed E-state index contributed by atoms with van der Waals surface area (Å²) in [5.74, 6) is 3.16. The van der Waals surface area contributed by atoms with E-state index in [2.05, 4.69) is 30.3 Å². The van der Waals surface area contributed by atoms with Crippen molar-refractivity contribution in [1.82, 2.24) is 15.0 Å². The Labute approximate surface area is 182 Å². The van der Waals surface area contributed by atoms with Gasteiger partial charge in [0.2, 0.25) is 17.8 Å². The van der Waals surface area contributed by atoms with Crippen molar-refractivity contribution in [1.29, 1.82) is 0 Å². The van der Waals surface area contributed by atoms with Crippen LogP contribution in [0.1, 0.15) is 24.8 Å². The van der Waals surface area contributed by atoms with E-state index in [1.54, 1.807) is 20.4 Å². The van der Waals surface area contributed by atoms with Gasteiger partial charge in [-0.15, -0.1) is 0 Å². The molecule has 0 atom stereocenters. The zero-order valence-electron chi connectivity index (χ0n) is 18.1. The number of rotatable bonds is 7. The van der Waals surface area contributed by atoms with Crippen LogP contribution in [0, 0.1) is 0 Å². The Hall–Kier alpha value is -3.14. The highest BCUT2D eigenvalue weighted by Gasteiger charge is 2.20. The van der Waals surface area contributed by atoms with E-state index in [1.807, 2.05) is 18.2 Å². The molecular weight excluding hydrogens is 398 g/mol. The SMILES string of the molecule is COc1cc(/C=N\Nc2nc(N3CCCCC3)nc(N3CCOCC3)n2)cc(OC)c1. The molecule has 0 bridgehead atoms. The molecule has 166 valence electrons. The van der Waals surface area contributed by atoms with Crippen molar-refractivity contribution in [3.05, 3.63) is 23.8 Å². The summed E-state index contributed by atoms with van der Waals surface area (Å²) in [5.41, 5.74) is 3.80. The highest BCUT2D eigenvalue weighted by atomic mass is 16.5. The number of morpholine rings is 1. The fourth-order valence-corrected chi connectivity index (χ4v) is 3.61. The molecule has 1 aromatic carbocycles. The average molecular weight is 428 g/mol. The van der Waals surface area contributed by atoms with Crippen molar-refractivity contribution in [2.75, 3.05) is 68.8 Å². The number of benzene rings is 1. The predicted octanol–water partition coefficient (Wildman–Crippen LogP) is 2.16.